The Bertz CT molecular complexity index is 730. The van der Waals surface area contributed by atoms with Gasteiger partial charge in [0, 0.05) is 23.8 Å². The molecule has 1 atom stereocenters. The van der Waals surface area contributed by atoms with Crippen molar-refractivity contribution in [2.45, 2.75) is 25.1 Å². The number of carbonyl (C=O) groups is 1. The number of aliphatic carboxylic acids is 1. The minimum Gasteiger partial charge on any atom is -0.480 e. The topological polar surface area (TPSA) is 53.4 Å². The zero-order valence-corrected chi connectivity index (χ0v) is 11.5. The maximum absolute atomic E-state index is 12.8. The molecule has 1 aromatic carbocycles. The van der Waals surface area contributed by atoms with Gasteiger partial charge in [-0.05, 0) is 31.0 Å². The molecule has 0 bridgehead atoms. The normalized spacial score (nSPS) is 18.9. The van der Waals surface area contributed by atoms with Crippen LogP contribution in [0.5, 0.6) is 0 Å². The van der Waals surface area contributed by atoms with Crippen LogP contribution < -0.4 is 4.90 Å². The maximum Gasteiger partial charge on any atom is 0.416 e. The molecule has 1 aliphatic heterocycles. The van der Waals surface area contributed by atoms with Crippen molar-refractivity contribution in [2.75, 3.05) is 11.4 Å². The van der Waals surface area contributed by atoms with E-state index in [-0.39, 0.29) is 5.52 Å². The van der Waals surface area contributed by atoms with Crippen LogP contribution in [0.15, 0.2) is 30.5 Å². The summed E-state index contributed by atoms with van der Waals surface area (Å²) in [4.78, 5) is 17.0. The lowest BCUT2D eigenvalue weighted by Gasteiger charge is -2.25. The average molecular weight is 310 g/mol. The van der Waals surface area contributed by atoms with Crippen LogP contribution in [0.25, 0.3) is 10.9 Å². The first-order valence-electron chi connectivity index (χ1n) is 6.83. The highest BCUT2D eigenvalue weighted by Gasteiger charge is 2.33. The molecule has 1 saturated heterocycles. The van der Waals surface area contributed by atoms with Gasteiger partial charge in [-0.2, -0.15) is 13.2 Å². The first-order chi connectivity index (χ1) is 10.4. The molecule has 22 heavy (non-hydrogen) atoms. The Morgan fingerprint density at radius 3 is 2.77 bits per heavy atom. The third-order valence-corrected chi connectivity index (χ3v) is 3.89. The van der Waals surface area contributed by atoms with Gasteiger partial charge < -0.3 is 10.0 Å². The third kappa shape index (κ3) is 2.47. The number of hydrogen-bond donors (Lipinski definition) is 1. The molecule has 1 N–H and O–H groups in total. The molecular formula is C15H13F3N2O2. The minimum atomic E-state index is -4.43. The number of halogens is 3. The molecule has 0 unspecified atom stereocenters. The molecule has 2 heterocycles. The second-order valence-electron chi connectivity index (χ2n) is 5.25. The number of alkyl halides is 3. The highest BCUT2D eigenvalue weighted by atomic mass is 19.4. The standard InChI is InChI=1S/C15H13F3N2O2/c16-15(17,18)9-3-4-10-11(8-9)19-6-5-12(10)20-7-1-2-13(20)14(21)22/h3-6,8,13H,1-2,7H2,(H,21,22)/t13-/m1/s1. The Labute approximate surface area is 124 Å². The van der Waals surface area contributed by atoms with Crippen LogP contribution in [-0.4, -0.2) is 28.6 Å². The maximum atomic E-state index is 12.8. The van der Waals surface area contributed by atoms with Crippen molar-refractivity contribution >= 4 is 22.6 Å². The highest BCUT2D eigenvalue weighted by molar-refractivity contribution is 5.94. The number of nitrogens with zero attached hydrogens (tertiary/aromatic N) is 2. The number of fused-ring (bicyclic) bond motifs is 1. The Hall–Kier alpha value is -2.31. The summed E-state index contributed by atoms with van der Waals surface area (Å²) in [5.41, 5.74) is 0.0628. The number of anilines is 1. The molecular weight excluding hydrogens is 297 g/mol. The van der Waals surface area contributed by atoms with Gasteiger partial charge in [0.05, 0.1) is 11.1 Å². The Balaban J connectivity index is 2.10. The molecule has 4 nitrogen and oxygen atoms in total. The molecule has 1 aromatic heterocycles. The number of rotatable bonds is 2. The van der Waals surface area contributed by atoms with E-state index in [9.17, 15) is 23.1 Å². The van der Waals surface area contributed by atoms with E-state index in [4.69, 9.17) is 0 Å². The summed E-state index contributed by atoms with van der Waals surface area (Å²) in [7, 11) is 0. The molecule has 2 aromatic rings. The zero-order chi connectivity index (χ0) is 15.9. The summed E-state index contributed by atoms with van der Waals surface area (Å²) in [6.45, 7) is 0.567. The summed E-state index contributed by atoms with van der Waals surface area (Å²) < 4.78 is 38.3. The van der Waals surface area contributed by atoms with E-state index in [1.807, 2.05) is 0 Å². The lowest BCUT2D eigenvalue weighted by Crippen LogP contribution is -2.36. The van der Waals surface area contributed by atoms with Crippen LogP contribution in [0, 0.1) is 0 Å². The Morgan fingerprint density at radius 2 is 2.09 bits per heavy atom. The van der Waals surface area contributed by atoms with E-state index in [1.165, 1.54) is 12.3 Å². The van der Waals surface area contributed by atoms with Crippen LogP contribution in [0.1, 0.15) is 18.4 Å². The number of aromatic nitrogens is 1. The minimum absolute atomic E-state index is 0.211. The number of pyridine rings is 1. The van der Waals surface area contributed by atoms with Crippen molar-refractivity contribution in [3.63, 3.8) is 0 Å². The van der Waals surface area contributed by atoms with Crippen molar-refractivity contribution in [1.29, 1.82) is 0 Å². The van der Waals surface area contributed by atoms with Crippen molar-refractivity contribution in [3.8, 4) is 0 Å². The molecule has 116 valence electrons. The third-order valence-electron chi connectivity index (χ3n) is 3.89. The summed E-state index contributed by atoms with van der Waals surface area (Å²) in [6.07, 6.45) is -1.75. The van der Waals surface area contributed by atoms with Crippen LogP contribution in [0.4, 0.5) is 18.9 Å². The summed E-state index contributed by atoms with van der Waals surface area (Å²) in [5, 5.41) is 9.79. The smallest absolute Gasteiger partial charge is 0.416 e. The molecule has 7 heteroatoms. The lowest BCUT2D eigenvalue weighted by molar-refractivity contribution is -0.138. The molecule has 0 saturated carbocycles. The second-order valence-corrected chi connectivity index (χ2v) is 5.25. The SMILES string of the molecule is O=C(O)[C@H]1CCCN1c1ccnc2cc(C(F)(F)F)ccc12. The zero-order valence-electron chi connectivity index (χ0n) is 11.5. The van der Waals surface area contributed by atoms with Crippen molar-refractivity contribution < 1.29 is 23.1 Å². The van der Waals surface area contributed by atoms with E-state index in [0.29, 0.717) is 24.0 Å². The highest BCUT2D eigenvalue weighted by Crippen LogP contribution is 2.35. The molecule has 1 fully saturated rings. The number of carboxylic acids is 1. The van der Waals surface area contributed by atoms with Crippen LogP contribution in [0.3, 0.4) is 0 Å². The second kappa shape index (κ2) is 5.15. The molecule has 0 aliphatic carbocycles. The van der Waals surface area contributed by atoms with Crippen LogP contribution >= 0.6 is 0 Å². The average Bonchev–Trinajstić information content (AvgIpc) is 2.94. The van der Waals surface area contributed by atoms with Gasteiger partial charge in [-0.3, -0.25) is 4.98 Å². The summed E-state index contributed by atoms with van der Waals surface area (Å²) >= 11 is 0. The molecule has 1 aliphatic rings. The van der Waals surface area contributed by atoms with E-state index in [1.54, 1.807) is 11.0 Å². The van der Waals surface area contributed by atoms with Gasteiger partial charge in [-0.1, -0.05) is 6.07 Å². The summed E-state index contributed by atoms with van der Waals surface area (Å²) in [6, 6.07) is 4.35. The Morgan fingerprint density at radius 1 is 1.32 bits per heavy atom. The molecule has 0 spiro atoms. The molecule has 0 radical (unpaired) electrons. The predicted octanol–water partition coefficient (Wildman–Crippen LogP) is 3.31. The largest absolute Gasteiger partial charge is 0.480 e. The van der Waals surface area contributed by atoms with Crippen LogP contribution in [-0.2, 0) is 11.0 Å². The van der Waals surface area contributed by atoms with Gasteiger partial charge in [-0.25, -0.2) is 4.79 Å². The first kappa shape index (κ1) is 14.6. The monoisotopic (exact) mass is 310 g/mol. The number of benzene rings is 1. The van der Waals surface area contributed by atoms with Crippen molar-refractivity contribution in [3.05, 3.63) is 36.0 Å². The lowest BCUT2D eigenvalue weighted by atomic mass is 10.1. The van der Waals surface area contributed by atoms with Gasteiger partial charge in [0.15, 0.2) is 0 Å². The van der Waals surface area contributed by atoms with E-state index in [0.717, 1.165) is 18.6 Å². The predicted molar refractivity (Wildman–Crippen MR) is 74.7 cm³/mol. The first-order valence-corrected chi connectivity index (χ1v) is 6.83. The quantitative estimate of drug-likeness (QED) is 0.924. The van der Waals surface area contributed by atoms with E-state index in [2.05, 4.69) is 4.98 Å². The fourth-order valence-electron chi connectivity index (χ4n) is 2.87. The van der Waals surface area contributed by atoms with E-state index < -0.39 is 23.8 Å². The van der Waals surface area contributed by atoms with Crippen molar-refractivity contribution in [1.82, 2.24) is 4.98 Å². The fraction of sp³-hybridized carbons (Fsp3) is 0.333. The van der Waals surface area contributed by atoms with Gasteiger partial charge in [0.25, 0.3) is 0 Å². The molecule has 3 rings (SSSR count). The number of hydrogen-bond acceptors (Lipinski definition) is 3. The van der Waals surface area contributed by atoms with E-state index >= 15 is 0 Å². The van der Waals surface area contributed by atoms with Gasteiger partial charge in [0.2, 0.25) is 0 Å². The Kier molecular flexibility index (Phi) is 3.42. The number of carboxylic acid groups (broad SMARTS) is 1. The van der Waals surface area contributed by atoms with Gasteiger partial charge in [0.1, 0.15) is 6.04 Å². The van der Waals surface area contributed by atoms with Gasteiger partial charge in [-0.15, -0.1) is 0 Å². The van der Waals surface area contributed by atoms with Gasteiger partial charge >= 0.3 is 12.1 Å². The fourth-order valence-corrected chi connectivity index (χ4v) is 2.87. The molecule has 0 amide bonds. The van der Waals surface area contributed by atoms with Crippen LogP contribution in [0.2, 0.25) is 0 Å². The van der Waals surface area contributed by atoms with Crippen molar-refractivity contribution in [2.24, 2.45) is 0 Å². The summed E-state index contributed by atoms with van der Waals surface area (Å²) in [5.74, 6) is -0.922.